The molecular weight excluding hydrogens is 384 g/mol. The standard InChI is InChI=1S/C14H12N6O.C5H6N4/c1-20-13-7(6-16-20)11(15)10(14(21)19-13)12-17-8-4-2-3-5-9(8)18-12;1-9-5(7)4(2-6)3-8-9/h2-6H,1H3,(H,17,18)(H3,15,19,21);3H,7H2,1H3. The molecule has 0 unspecified atom stereocenters. The number of anilines is 2. The van der Waals surface area contributed by atoms with Crippen molar-refractivity contribution in [3.8, 4) is 17.5 Å². The van der Waals surface area contributed by atoms with Crippen molar-refractivity contribution in [3.05, 3.63) is 52.6 Å². The van der Waals surface area contributed by atoms with Crippen molar-refractivity contribution in [3.63, 3.8) is 0 Å². The molecule has 0 amide bonds. The van der Waals surface area contributed by atoms with E-state index in [1.807, 2.05) is 30.3 Å². The van der Waals surface area contributed by atoms with E-state index in [0.717, 1.165) is 11.0 Å². The zero-order chi connectivity index (χ0) is 21.4. The molecule has 0 radical (unpaired) electrons. The summed E-state index contributed by atoms with van der Waals surface area (Å²) in [6.07, 6.45) is 3.07. The Labute approximate surface area is 169 Å². The van der Waals surface area contributed by atoms with E-state index >= 15 is 0 Å². The second kappa shape index (κ2) is 7.10. The van der Waals surface area contributed by atoms with Crippen molar-refractivity contribution >= 4 is 33.6 Å². The third-order valence-electron chi connectivity index (χ3n) is 4.69. The fourth-order valence-corrected chi connectivity index (χ4v) is 3.05. The third kappa shape index (κ3) is 3.02. The number of pyridine rings is 1. The number of imidazole rings is 1. The number of aromatic amines is 2. The third-order valence-corrected chi connectivity index (χ3v) is 4.69. The van der Waals surface area contributed by atoms with E-state index in [0.29, 0.717) is 39.5 Å². The predicted molar refractivity (Wildman–Crippen MR) is 113 cm³/mol. The predicted octanol–water partition coefficient (Wildman–Crippen LogP) is 1.26. The van der Waals surface area contributed by atoms with E-state index in [2.05, 4.69) is 25.1 Å². The van der Waals surface area contributed by atoms with Crippen LogP contribution in [-0.4, -0.2) is 34.5 Å². The molecule has 0 saturated carbocycles. The molecule has 0 aliphatic rings. The molecular formula is C19H18N10O. The van der Waals surface area contributed by atoms with Gasteiger partial charge in [-0.2, -0.15) is 15.5 Å². The smallest absolute Gasteiger partial charge is 0.262 e. The molecule has 4 heterocycles. The number of para-hydroxylation sites is 2. The first kappa shape index (κ1) is 18.8. The highest BCUT2D eigenvalue weighted by atomic mass is 16.1. The lowest BCUT2D eigenvalue weighted by atomic mass is 10.2. The van der Waals surface area contributed by atoms with Gasteiger partial charge in [0.1, 0.15) is 34.5 Å². The number of benzene rings is 1. The maximum atomic E-state index is 12.3. The van der Waals surface area contributed by atoms with Gasteiger partial charge in [-0.1, -0.05) is 12.1 Å². The summed E-state index contributed by atoms with van der Waals surface area (Å²) < 4.78 is 3.04. The summed E-state index contributed by atoms with van der Waals surface area (Å²) >= 11 is 0. The van der Waals surface area contributed by atoms with Crippen molar-refractivity contribution in [1.29, 1.82) is 5.26 Å². The zero-order valence-electron chi connectivity index (χ0n) is 16.2. The number of nitrogens with zero attached hydrogens (tertiary/aromatic N) is 6. The Morgan fingerprint density at radius 1 is 1.07 bits per heavy atom. The van der Waals surface area contributed by atoms with E-state index in [4.69, 9.17) is 16.7 Å². The Kier molecular flexibility index (Phi) is 4.44. The molecule has 0 fully saturated rings. The second-order valence-electron chi connectivity index (χ2n) is 6.55. The van der Waals surface area contributed by atoms with Crippen LogP contribution in [0.1, 0.15) is 5.56 Å². The lowest BCUT2D eigenvalue weighted by Gasteiger charge is -2.03. The van der Waals surface area contributed by atoms with Gasteiger partial charge in [0, 0.05) is 14.1 Å². The molecule has 0 aliphatic heterocycles. The van der Waals surface area contributed by atoms with Gasteiger partial charge in [-0.25, -0.2) is 4.98 Å². The largest absolute Gasteiger partial charge is 0.397 e. The Bertz CT molecular complexity index is 1440. The van der Waals surface area contributed by atoms with Gasteiger partial charge in [-0.05, 0) is 12.1 Å². The average molecular weight is 402 g/mol. The molecule has 6 N–H and O–H groups in total. The highest BCUT2D eigenvalue weighted by Gasteiger charge is 2.17. The van der Waals surface area contributed by atoms with Crippen molar-refractivity contribution in [2.45, 2.75) is 0 Å². The maximum absolute atomic E-state index is 12.3. The summed E-state index contributed by atoms with van der Waals surface area (Å²) in [6, 6.07) is 9.49. The van der Waals surface area contributed by atoms with Crippen LogP contribution in [0.15, 0.2) is 41.5 Å². The summed E-state index contributed by atoms with van der Waals surface area (Å²) in [7, 11) is 3.44. The minimum Gasteiger partial charge on any atom is -0.397 e. The fraction of sp³-hybridized carbons (Fsp3) is 0.105. The highest BCUT2D eigenvalue weighted by Crippen LogP contribution is 2.27. The number of nitrogens with two attached hydrogens (primary N) is 2. The number of rotatable bonds is 1. The molecule has 11 nitrogen and oxygen atoms in total. The number of H-pyrrole nitrogens is 2. The van der Waals surface area contributed by atoms with E-state index in [-0.39, 0.29) is 5.56 Å². The van der Waals surface area contributed by atoms with E-state index < -0.39 is 0 Å². The minimum atomic E-state index is -0.289. The maximum Gasteiger partial charge on any atom is 0.262 e. The first-order valence-electron chi connectivity index (χ1n) is 8.87. The minimum absolute atomic E-state index is 0.289. The molecule has 0 spiro atoms. The molecule has 4 aromatic heterocycles. The molecule has 0 bridgehead atoms. The quantitative estimate of drug-likeness (QED) is 0.326. The molecule has 1 aromatic carbocycles. The monoisotopic (exact) mass is 402 g/mol. The number of hydrogen-bond donors (Lipinski definition) is 4. The summed E-state index contributed by atoms with van der Waals surface area (Å²) in [5.41, 5.74) is 14.6. The Balaban J connectivity index is 0.000000204. The van der Waals surface area contributed by atoms with Gasteiger partial charge in [0.15, 0.2) is 0 Å². The van der Waals surface area contributed by atoms with Gasteiger partial charge < -0.3 is 21.4 Å². The van der Waals surface area contributed by atoms with E-state index in [1.54, 1.807) is 25.0 Å². The SMILES string of the molecule is Cn1ncc(C#N)c1N.Cn1ncc2c(N)c(-c3nc4ccccc4[nH]3)c(=O)[nH]c21. The van der Waals surface area contributed by atoms with Gasteiger partial charge in [0.05, 0.1) is 34.5 Å². The molecule has 0 aliphatic carbocycles. The van der Waals surface area contributed by atoms with Crippen LogP contribution >= 0.6 is 0 Å². The van der Waals surface area contributed by atoms with Crippen molar-refractivity contribution in [2.75, 3.05) is 11.5 Å². The van der Waals surface area contributed by atoms with E-state index in [9.17, 15) is 4.79 Å². The average Bonchev–Trinajstić information content (AvgIpc) is 3.41. The Morgan fingerprint density at radius 2 is 1.80 bits per heavy atom. The van der Waals surface area contributed by atoms with Gasteiger partial charge in [0.2, 0.25) is 0 Å². The number of aromatic nitrogens is 7. The first-order chi connectivity index (χ1) is 14.4. The van der Waals surface area contributed by atoms with Crippen LogP contribution in [0.2, 0.25) is 0 Å². The number of nitriles is 1. The summed E-state index contributed by atoms with van der Waals surface area (Å²) in [6.45, 7) is 0. The van der Waals surface area contributed by atoms with Crippen LogP contribution in [0.4, 0.5) is 11.5 Å². The van der Waals surface area contributed by atoms with Gasteiger partial charge in [-0.3, -0.25) is 14.2 Å². The van der Waals surface area contributed by atoms with Gasteiger partial charge in [0.25, 0.3) is 5.56 Å². The van der Waals surface area contributed by atoms with Crippen LogP contribution < -0.4 is 17.0 Å². The normalized spacial score (nSPS) is 10.7. The molecule has 5 rings (SSSR count). The number of fused-ring (bicyclic) bond motifs is 2. The Morgan fingerprint density at radius 3 is 2.43 bits per heavy atom. The second-order valence-corrected chi connectivity index (χ2v) is 6.55. The molecule has 30 heavy (non-hydrogen) atoms. The van der Waals surface area contributed by atoms with Gasteiger partial charge in [-0.15, -0.1) is 0 Å². The van der Waals surface area contributed by atoms with Gasteiger partial charge >= 0.3 is 0 Å². The lowest BCUT2D eigenvalue weighted by Crippen LogP contribution is -2.14. The molecule has 11 heteroatoms. The molecule has 0 saturated heterocycles. The summed E-state index contributed by atoms with van der Waals surface area (Å²) in [5, 5.41) is 16.9. The summed E-state index contributed by atoms with van der Waals surface area (Å²) in [5.74, 6) is 0.873. The van der Waals surface area contributed by atoms with Crippen LogP contribution in [0.3, 0.4) is 0 Å². The van der Waals surface area contributed by atoms with Crippen molar-refractivity contribution in [1.82, 2.24) is 34.5 Å². The molecule has 150 valence electrons. The van der Waals surface area contributed by atoms with Crippen LogP contribution in [0, 0.1) is 11.3 Å². The van der Waals surface area contributed by atoms with Crippen LogP contribution in [0.25, 0.3) is 33.5 Å². The first-order valence-corrected chi connectivity index (χ1v) is 8.87. The number of nitrogens with one attached hydrogen (secondary N) is 2. The molecule has 5 aromatic rings. The zero-order valence-corrected chi connectivity index (χ0v) is 16.2. The summed E-state index contributed by atoms with van der Waals surface area (Å²) in [4.78, 5) is 22.7. The fourth-order valence-electron chi connectivity index (χ4n) is 3.05. The van der Waals surface area contributed by atoms with Crippen LogP contribution in [-0.2, 0) is 14.1 Å². The van der Waals surface area contributed by atoms with E-state index in [1.165, 1.54) is 10.9 Å². The topological polar surface area (TPSA) is 173 Å². The number of aryl methyl sites for hydroxylation is 2. The number of nitrogen functional groups attached to an aromatic ring is 2. The molecule has 0 atom stereocenters. The van der Waals surface area contributed by atoms with Crippen molar-refractivity contribution in [2.24, 2.45) is 14.1 Å². The van der Waals surface area contributed by atoms with Crippen molar-refractivity contribution < 1.29 is 0 Å². The van der Waals surface area contributed by atoms with Crippen LogP contribution in [0.5, 0.6) is 0 Å². The lowest BCUT2D eigenvalue weighted by molar-refractivity contribution is 0.779. The highest BCUT2D eigenvalue weighted by molar-refractivity contribution is 5.96. The number of hydrogen-bond acceptors (Lipinski definition) is 7. The Hall–Kier alpha value is -4.59.